The highest BCUT2D eigenvalue weighted by atomic mass is 79.9. The van der Waals surface area contributed by atoms with Crippen LogP contribution >= 0.6 is 15.9 Å². The summed E-state index contributed by atoms with van der Waals surface area (Å²) in [6.07, 6.45) is 2.69. The van der Waals surface area contributed by atoms with Crippen LogP contribution in [0.3, 0.4) is 0 Å². The maximum Gasteiger partial charge on any atom is 0.263 e. The molecular formula is C12H10BrFN2O3S. The molecular weight excluding hydrogens is 351 g/mol. The van der Waals surface area contributed by atoms with Gasteiger partial charge < -0.3 is 4.74 Å². The van der Waals surface area contributed by atoms with E-state index in [0.29, 0.717) is 4.47 Å². The van der Waals surface area contributed by atoms with Crippen LogP contribution in [0.1, 0.15) is 0 Å². The molecule has 0 amide bonds. The van der Waals surface area contributed by atoms with Gasteiger partial charge in [0.05, 0.1) is 12.8 Å². The number of rotatable bonds is 4. The number of hydrogen-bond acceptors (Lipinski definition) is 4. The monoisotopic (exact) mass is 360 g/mol. The molecule has 1 aromatic heterocycles. The first kappa shape index (κ1) is 14.7. The molecule has 0 unspecified atom stereocenters. The quantitative estimate of drug-likeness (QED) is 0.909. The molecule has 8 heteroatoms. The fourth-order valence-corrected chi connectivity index (χ4v) is 3.03. The van der Waals surface area contributed by atoms with Crippen LogP contribution in [0.2, 0.25) is 0 Å². The minimum Gasteiger partial charge on any atom is -0.494 e. The molecule has 2 aromatic rings. The van der Waals surface area contributed by atoms with Gasteiger partial charge in [-0.15, -0.1) is 0 Å². The SMILES string of the molecule is COc1cc(NS(=O)(=O)c2cncc(Br)c2)ccc1F. The Bertz CT molecular complexity index is 737. The lowest BCUT2D eigenvalue weighted by Crippen LogP contribution is -2.13. The Balaban J connectivity index is 2.33. The molecule has 0 atom stereocenters. The molecule has 1 aromatic carbocycles. The van der Waals surface area contributed by atoms with Crippen molar-refractivity contribution in [3.63, 3.8) is 0 Å². The lowest BCUT2D eigenvalue weighted by atomic mass is 10.3. The zero-order valence-electron chi connectivity index (χ0n) is 10.3. The van der Waals surface area contributed by atoms with Crippen molar-refractivity contribution < 1.29 is 17.5 Å². The van der Waals surface area contributed by atoms with Crippen molar-refractivity contribution in [2.45, 2.75) is 4.90 Å². The van der Waals surface area contributed by atoms with Crippen molar-refractivity contribution in [1.82, 2.24) is 4.98 Å². The first-order valence-electron chi connectivity index (χ1n) is 5.39. The van der Waals surface area contributed by atoms with Gasteiger partial charge in [0, 0.05) is 22.9 Å². The predicted octanol–water partition coefficient (Wildman–Crippen LogP) is 2.79. The van der Waals surface area contributed by atoms with Crippen LogP contribution in [0.5, 0.6) is 5.75 Å². The summed E-state index contributed by atoms with van der Waals surface area (Å²) in [4.78, 5) is 3.78. The summed E-state index contributed by atoms with van der Waals surface area (Å²) >= 11 is 3.15. The van der Waals surface area contributed by atoms with Gasteiger partial charge >= 0.3 is 0 Å². The van der Waals surface area contributed by atoms with Gasteiger partial charge in [0.15, 0.2) is 11.6 Å². The highest BCUT2D eigenvalue weighted by Crippen LogP contribution is 2.24. The molecule has 0 aliphatic carbocycles. The molecule has 0 aliphatic heterocycles. The van der Waals surface area contributed by atoms with Gasteiger partial charge in [0.1, 0.15) is 4.90 Å². The van der Waals surface area contributed by atoms with E-state index in [1.807, 2.05) is 0 Å². The minimum atomic E-state index is -3.79. The number of sulfonamides is 1. The van der Waals surface area contributed by atoms with E-state index >= 15 is 0 Å². The Morgan fingerprint density at radius 1 is 1.30 bits per heavy atom. The van der Waals surface area contributed by atoms with Crippen LogP contribution in [-0.2, 0) is 10.0 Å². The van der Waals surface area contributed by atoms with Crippen molar-refractivity contribution in [1.29, 1.82) is 0 Å². The number of anilines is 1. The van der Waals surface area contributed by atoms with Gasteiger partial charge in [-0.3, -0.25) is 9.71 Å². The molecule has 1 N–H and O–H groups in total. The van der Waals surface area contributed by atoms with Crippen molar-refractivity contribution in [3.8, 4) is 5.75 Å². The first-order chi connectivity index (χ1) is 9.42. The van der Waals surface area contributed by atoms with Crippen LogP contribution in [0.15, 0.2) is 46.0 Å². The van der Waals surface area contributed by atoms with Crippen LogP contribution in [-0.4, -0.2) is 20.5 Å². The molecule has 2 rings (SSSR count). The van der Waals surface area contributed by atoms with E-state index in [9.17, 15) is 12.8 Å². The first-order valence-corrected chi connectivity index (χ1v) is 7.67. The summed E-state index contributed by atoms with van der Waals surface area (Å²) in [6, 6.07) is 5.10. The average molecular weight is 361 g/mol. The normalized spacial score (nSPS) is 11.2. The van der Waals surface area contributed by atoms with Gasteiger partial charge in [-0.25, -0.2) is 12.8 Å². The third kappa shape index (κ3) is 3.26. The summed E-state index contributed by atoms with van der Waals surface area (Å²) in [7, 11) is -2.49. The largest absolute Gasteiger partial charge is 0.494 e. The van der Waals surface area contributed by atoms with Gasteiger partial charge in [0.2, 0.25) is 0 Å². The Hall–Kier alpha value is -1.67. The van der Waals surface area contributed by atoms with Gasteiger partial charge in [-0.05, 0) is 34.1 Å². The summed E-state index contributed by atoms with van der Waals surface area (Å²) < 4.78 is 45.2. The zero-order chi connectivity index (χ0) is 14.8. The Kier molecular flexibility index (Phi) is 4.24. The molecule has 0 aliphatic rings. The van der Waals surface area contributed by atoms with E-state index in [1.165, 1.54) is 37.7 Å². The van der Waals surface area contributed by atoms with E-state index in [0.717, 1.165) is 6.07 Å². The third-order valence-electron chi connectivity index (χ3n) is 2.39. The number of nitrogens with one attached hydrogen (secondary N) is 1. The lowest BCUT2D eigenvalue weighted by Gasteiger charge is -2.09. The molecule has 0 saturated heterocycles. The van der Waals surface area contributed by atoms with Crippen LogP contribution < -0.4 is 9.46 Å². The van der Waals surface area contributed by atoms with Crippen LogP contribution in [0, 0.1) is 5.82 Å². The zero-order valence-corrected chi connectivity index (χ0v) is 12.7. The Morgan fingerprint density at radius 3 is 2.70 bits per heavy atom. The van der Waals surface area contributed by atoms with Crippen molar-refractivity contribution in [3.05, 3.63) is 46.9 Å². The highest BCUT2D eigenvalue weighted by molar-refractivity contribution is 9.10. The van der Waals surface area contributed by atoms with Crippen molar-refractivity contribution >= 4 is 31.6 Å². The Labute approximate surface area is 124 Å². The number of ether oxygens (including phenoxy) is 1. The van der Waals surface area contributed by atoms with Crippen molar-refractivity contribution in [2.24, 2.45) is 0 Å². The number of methoxy groups -OCH3 is 1. The van der Waals surface area contributed by atoms with E-state index in [4.69, 9.17) is 4.74 Å². The van der Waals surface area contributed by atoms with Gasteiger partial charge in [-0.1, -0.05) is 0 Å². The average Bonchev–Trinajstić information content (AvgIpc) is 2.40. The number of aromatic nitrogens is 1. The van der Waals surface area contributed by atoms with Crippen LogP contribution in [0.4, 0.5) is 10.1 Å². The highest BCUT2D eigenvalue weighted by Gasteiger charge is 2.16. The Morgan fingerprint density at radius 2 is 2.05 bits per heavy atom. The standard InChI is InChI=1S/C12H10BrFN2O3S/c1-19-12-5-9(2-3-11(12)14)16-20(17,18)10-4-8(13)6-15-7-10/h2-7,16H,1H3. The van der Waals surface area contributed by atoms with E-state index < -0.39 is 15.8 Å². The number of benzene rings is 1. The molecule has 0 bridgehead atoms. The number of pyridine rings is 1. The molecule has 106 valence electrons. The fraction of sp³-hybridized carbons (Fsp3) is 0.0833. The number of hydrogen-bond donors (Lipinski definition) is 1. The maximum absolute atomic E-state index is 13.3. The maximum atomic E-state index is 13.3. The van der Waals surface area contributed by atoms with E-state index in [1.54, 1.807) is 0 Å². The third-order valence-corrected chi connectivity index (χ3v) is 4.18. The van der Waals surface area contributed by atoms with E-state index in [2.05, 4.69) is 25.6 Å². The molecule has 0 saturated carbocycles. The smallest absolute Gasteiger partial charge is 0.263 e. The molecule has 0 spiro atoms. The van der Waals surface area contributed by atoms with Crippen molar-refractivity contribution in [2.75, 3.05) is 11.8 Å². The lowest BCUT2D eigenvalue weighted by molar-refractivity contribution is 0.387. The molecule has 1 heterocycles. The second-order valence-corrected chi connectivity index (χ2v) is 6.39. The summed E-state index contributed by atoms with van der Waals surface area (Å²) in [5.74, 6) is -0.614. The summed E-state index contributed by atoms with van der Waals surface area (Å²) in [5.41, 5.74) is 0.197. The molecule has 0 fully saturated rings. The minimum absolute atomic E-state index is 0.00448. The van der Waals surface area contributed by atoms with Crippen LogP contribution in [0.25, 0.3) is 0 Å². The second-order valence-electron chi connectivity index (χ2n) is 3.79. The topological polar surface area (TPSA) is 68.3 Å². The van der Waals surface area contributed by atoms with Gasteiger partial charge in [0.25, 0.3) is 10.0 Å². The molecule has 0 radical (unpaired) electrons. The summed E-state index contributed by atoms with van der Waals surface area (Å²) in [5, 5.41) is 0. The fourth-order valence-electron chi connectivity index (χ4n) is 1.48. The predicted molar refractivity (Wildman–Crippen MR) is 75.7 cm³/mol. The van der Waals surface area contributed by atoms with Gasteiger partial charge in [-0.2, -0.15) is 0 Å². The molecule has 20 heavy (non-hydrogen) atoms. The number of nitrogens with zero attached hydrogens (tertiary/aromatic N) is 1. The second kappa shape index (κ2) is 5.76. The number of halogens is 2. The molecule has 5 nitrogen and oxygen atoms in total. The van der Waals surface area contributed by atoms with E-state index in [-0.39, 0.29) is 16.3 Å². The summed E-state index contributed by atoms with van der Waals surface area (Å²) in [6.45, 7) is 0.